The number of para-hydroxylation sites is 1. The van der Waals surface area contributed by atoms with Gasteiger partial charge >= 0.3 is 5.97 Å². The number of imidazole rings is 1. The molecule has 0 bridgehead atoms. The molecule has 122 valence electrons. The largest absolute Gasteiger partial charge is 0.478 e. The zero-order chi connectivity index (χ0) is 17.1. The SMILES string of the molecule is Cn1c(SCC(=O)Nc2ccccc2C(=O)O)nc2cccnc21. The maximum absolute atomic E-state index is 12.1. The van der Waals surface area contributed by atoms with E-state index in [0.717, 1.165) is 11.2 Å². The van der Waals surface area contributed by atoms with Gasteiger partial charge < -0.3 is 15.0 Å². The Bertz CT molecular complexity index is 923. The first-order chi connectivity index (χ1) is 11.6. The number of nitrogens with one attached hydrogen (secondary N) is 1. The van der Waals surface area contributed by atoms with Gasteiger partial charge in [0.15, 0.2) is 10.8 Å². The van der Waals surface area contributed by atoms with Crippen LogP contribution in [0.5, 0.6) is 0 Å². The molecule has 0 aliphatic rings. The second kappa shape index (κ2) is 6.71. The van der Waals surface area contributed by atoms with Crippen LogP contribution in [0.15, 0.2) is 47.8 Å². The third-order valence-corrected chi connectivity index (χ3v) is 4.38. The average Bonchev–Trinajstić information content (AvgIpc) is 2.90. The van der Waals surface area contributed by atoms with Gasteiger partial charge in [0.25, 0.3) is 0 Å². The number of pyridine rings is 1. The Morgan fingerprint density at radius 2 is 2.04 bits per heavy atom. The standard InChI is InChI=1S/C16H14N4O3S/c1-20-14-12(7-4-8-17-14)19-16(20)24-9-13(21)18-11-6-3-2-5-10(11)15(22)23/h2-8H,9H2,1H3,(H,18,21)(H,22,23). The zero-order valence-corrected chi connectivity index (χ0v) is 13.6. The first-order valence-corrected chi connectivity index (χ1v) is 8.07. The summed E-state index contributed by atoms with van der Waals surface area (Å²) in [4.78, 5) is 31.9. The monoisotopic (exact) mass is 342 g/mol. The molecule has 0 fully saturated rings. The number of carboxylic acids is 1. The molecule has 2 N–H and O–H groups in total. The minimum absolute atomic E-state index is 0.0581. The lowest BCUT2D eigenvalue weighted by Crippen LogP contribution is -2.16. The molecule has 2 heterocycles. The predicted molar refractivity (Wildman–Crippen MR) is 91.3 cm³/mol. The van der Waals surface area contributed by atoms with Gasteiger partial charge in [0, 0.05) is 13.2 Å². The molecule has 0 saturated carbocycles. The lowest BCUT2D eigenvalue weighted by atomic mass is 10.2. The number of anilines is 1. The first kappa shape index (κ1) is 16.0. The summed E-state index contributed by atoms with van der Waals surface area (Å²) >= 11 is 1.27. The molecule has 1 aromatic carbocycles. The Morgan fingerprint density at radius 3 is 2.79 bits per heavy atom. The van der Waals surface area contributed by atoms with Crippen molar-refractivity contribution in [1.29, 1.82) is 0 Å². The van der Waals surface area contributed by atoms with Gasteiger partial charge in [0.2, 0.25) is 5.91 Å². The number of hydrogen-bond acceptors (Lipinski definition) is 5. The number of aromatic nitrogens is 3. The van der Waals surface area contributed by atoms with E-state index in [1.165, 1.54) is 17.8 Å². The van der Waals surface area contributed by atoms with Crippen molar-refractivity contribution in [2.75, 3.05) is 11.1 Å². The Balaban J connectivity index is 1.69. The van der Waals surface area contributed by atoms with E-state index in [4.69, 9.17) is 5.11 Å². The van der Waals surface area contributed by atoms with Crippen LogP contribution in [0.3, 0.4) is 0 Å². The number of amides is 1. The molecule has 7 nitrogen and oxygen atoms in total. The van der Waals surface area contributed by atoms with Crippen molar-refractivity contribution >= 4 is 40.5 Å². The average molecular weight is 342 g/mol. The molecule has 24 heavy (non-hydrogen) atoms. The van der Waals surface area contributed by atoms with Crippen LogP contribution in [0.25, 0.3) is 11.2 Å². The predicted octanol–water partition coefficient (Wildman–Crippen LogP) is 2.40. The molecule has 0 unspecified atom stereocenters. The van der Waals surface area contributed by atoms with Crippen LogP contribution in [0.4, 0.5) is 5.69 Å². The zero-order valence-electron chi connectivity index (χ0n) is 12.8. The van der Waals surface area contributed by atoms with Crippen LogP contribution in [-0.2, 0) is 11.8 Å². The fourth-order valence-corrected chi connectivity index (χ4v) is 3.00. The molecular formula is C16H14N4O3S. The molecule has 0 aliphatic carbocycles. The Hall–Kier alpha value is -2.87. The van der Waals surface area contributed by atoms with Crippen LogP contribution in [0.2, 0.25) is 0 Å². The summed E-state index contributed by atoms with van der Waals surface area (Å²) in [6, 6.07) is 9.95. The van der Waals surface area contributed by atoms with Crippen molar-refractivity contribution in [1.82, 2.24) is 14.5 Å². The highest BCUT2D eigenvalue weighted by Gasteiger charge is 2.14. The van der Waals surface area contributed by atoms with Gasteiger partial charge in [0.05, 0.1) is 17.0 Å². The molecule has 3 aromatic rings. The van der Waals surface area contributed by atoms with E-state index in [1.807, 2.05) is 17.7 Å². The number of rotatable bonds is 5. The van der Waals surface area contributed by atoms with Gasteiger partial charge in [-0.05, 0) is 24.3 Å². The molecule has 0 saturated heterocycles. The molecule has 3 rings (SSSR count). The second-order valence-corrected chi connectivity index (χ2v) is 5.93. The Morgan fingerprint density at radius 1 is 1.25 bits per heavy atom. The van der Waals surface area contributed by atoms with E-state index >= 15 is 0 Å². The molecule has 1 amide bonds. The van der Waals surface area contributed by atoms with Gasteiger partial charge in [-0.2, -0.15) is 0 Å². The quantitative estimate of drug-likeness (QED) is 0.691. The highest BCUT2D eigenvalue weighted by molar-refractivity contribution is 7.99. The van der Waals surface area contributed by atoms with Crippen molar-refractivity contribution in [3.05, 3.63) is 48.2 Å². The third kappa shape index (κ3) is 3.23. The topological polar surface area (TPSA) is 97.1 Å². The summed E-state index contributed by atoms with van der Waals surface area (Å²) < 4.78 is 1.82. The van der Waals surface area contributed by atoms with Crippen molar-refractivity contribution in [2.45, 2.75) is 5.16 Å². The van der Waals surface area contributed by atoms with E-state index in [1.54, 1.807) is 30.5 Å². The second-order valence-electron chi connectivity index (χ2n) is 4.99. The summed E-state index contributed by atoms with van der Waals surface area (Å²) in [5, 5.41) is 12.4. The minimum Gasteiger partial charge on any atom is -0.478 e. The fourth-order valence-electron chi connectivity index (χ4n) is 2.23. The van der Waals surface area contributed by atoms with Crippen molar-refractivity contribution in [2.24, 2.45) is 7.05 Å². The van der Waals surface area contributed by atoms with Gasteiger partial charge in [-0.3, -0.25) is 4.79 Å². The van der Waals surface area contributed by atoms with Gasteiger partial charge in [-0.15, -0.1) is 0 Å². The molecule has 0 spiro atoms. The molecule has 8 heteroatoms. The first-order valence-electron chi connectivity index (χ1n) is 7.08. The number of aryl methyl sites for hydroxylation is 1. The summed E-state index contributed by atoms with van der Waals surface area (Å²) in [6.45, 7) is 0. The van der Waals surface area contributed by atoms with Crippen molar-refractivity contribution in [3.8, 4) is 0 Å². The fraction of sp³-hybridized carbons (Fsp3) is 0.125. The highest BCUT2D eigenvalue weighted by Crippen LogP contribution is 2.22. The lowest BCUT2D eigenvalue weighted by Gasteiger charge is -2.08. The van der Waals surface area contributed by atoms with Crippen LogP contribution in [-0.4, -0.2) is 37.3 Å². The maximum atomic E-state index is 12.1. The van der Waals surface area contributed by atoms with Gasteiger partial charge in [-0.25, -0.2) is 14.8 Å². The minimum atomic E-state index is -1.08. The Labute approximate surface area is 141 Å². The number of benzene rings is 1. The van der Waals surface area contributed by atoms with E-state index in [0.29, 0.717) is 5.16 Å². The van der Waals surface area contributed by atoms with Gasteiger partial charge in [0.1, 0.15) is 5.52 Å². The number of carbonyl (C=O) groups is 2. The molecule has 0 atom stereocenters. The molecule has 2 aromatic heterocycles. The number of carboxylic acid groups (broad SMARTS) is 1. The maximum Gasteiger partial charge on any atom is 0.337 e. The highest BCUT2D eigenvalue weighted by atomic mass is 32.2. The molecule has 0 aliphatic heterocycles. The van der Waals surface area contributed by atoms with Crippen LogP contribution in [0, 0.1) is 0 Å². The van der Waals surface area contributed by atoms with Gasteiger partial charge in [-0.1, -0.05) is 23.9 Å². The lowest BCUT2D eigenvalue weighted by molar-refractivity contribution is -0.113. The van der Waals surface area contributed by atoms with Crippen molar-refractivity contribution < 1.29 is 14.7 Å². The number of carbonyl (C=O) groups excluding carboxylic acids is 1. The molecular weight excluding hydrogens is 328 g/mol. The number of nitrogens with zero attached hydrogens (tertiary/aromatic N) is 3. The number of thioether (sulfide) groups is 1. The summed E-state index contributed by atoms with van der Waals surface area (Å²) in [6.07, 6.45) is 1.69. The smallest absolute Gasteiger partial charge is 0.337 e. The van der Waals surface area contributed by atoms with Crippen LogP contribution >= 0.6 is 11.8 Å². The van der Waals surface area contributed by atoms with Crippen LogP contribution < -0.4 is 5.32 Å². The summed E-state index contributed by atoms with van der Waals surface area (Å²) in [5.41, 5.74) is 1.85. The normalized spacial score (nSPS) is 10.7. The van der Waals surface area contributed by atoms with Crippen LogP contribution in [0.1, 0.15) is 10.4 Å². The summed E-state index contributed by atoms with van der Waals surface area (Å²) in [7, 11) is 1.84. The third-order valence-electron chi connectivity index (χ3n) is 3.35. The van der Waals surface area contributed by atoms with E-state index in [-0.39, 0.29) is 22.9 Å². The van der Waals surface area contributed by atoms with E-state index < -0.39 is 5.97 Å². The molecule has 0 radical (unpaired) electrons. The number of hydrogen-bond donors (Lipinski definition) is 2. The van der Waals surface area contributed by atoms with E-state index in [9.17, 15) is 9.59 Å². The van der Waals surface area contributed by atoms with E-state index in [2.05, 4.69) is 15.3 Å². The number of aromatic carboxylic acids is 1. The number of fused-ring (bicyclic) bond motifs is 1. The Kier molecular flexibility index (Phi) is 4.48. The van der Waals surface area contributed by atoms with Crippen molar-refractivity contribution in [3.63, 3.8) is 0 Å². The summed E-state index contributed by atoms with van der Waals surface area (Å²) in [5.74, 6) is -1.26.